The van der Waals surface area contributed by atoms with Gasteiger partial charge in [0.05, 0.1) is 12.3 Å². The van der Waals surface area contributed by atoms with Crippen LogP contribution in [0.1, 0.15) is 44.6 Å². The minimum absolute atomic E-state index is 0.0855. The Morgan fingerprint density at radius 3 is 2.55 bits per heavy atom. The Morgan fingerprint density at radius 2 is 1.91 bits per heavy atom. The predicted molar refractivity (Wildman–Crippen MR) is 86.3 cm³/mol. The zero-order chi connectivity index (χ0) is 15.8. The molecule has 0 aromatic heterocycles. The first-order chi connectivity index (χ1) is 10.7. The van der Waals surface area contributed by atoms with Gasteiger partial charge in [-0.2, -0.15) is 5.10 Å². The molecule has 0 atom stereocenters. The second-order valence-electron chi connectivity index (χ2n) is 5.69. The maximum absolute atomic E-state index is 13.0. The molecule has 0 aliphatic carbocycles. The Labute approximate surface area is 131 Å². The van der Waals surface area contributed by atoms with E-state index in [2.05, 4.69) is 22.4 Å². The smallest absolute Gasteiger partial charge is 0.254 e. The standard InChI is InChI=1S/C17H24FN3O/c1-2-6-16(14-7-9-15(18)10-8-14)19-20-17(22)13-21-11-4-3-5-12-21/h7-10H,2-6,11-13H2,1H3,(H,20,22). The van der Waals surface area contributed by atoms with E-state index < -0.39 is 0 Å². The predicted octanol–water partition coefficient (Wildman–Crippen LogP) is 2.93. The van der Waals surface area contributed by atoms with Crippen LogP contribution in [-0.2, 0) is 4.79 Å². The largest absolute Gasteiger partial charge is 0.294 e. The zero-order valence-electron chi connectivity index (χ0n) is 13.1. The summed E-state index contributed by atoms with van der Waals surface area (Å²) in [5.74, 6) is -0.355. The lowest BCUT2D eigenvalue weighted by molar-refractivity contribution is -0.122. The van der Waals surface area contributed by atoms with E-state index in [0.717, 1.165) is 50.0 Å². The van der Waals surface area contributed by atoms with Gasteiger partial charge in [0.2, 0.25) is 0 Å². The lowest BCUT2D eigenvalue weighted by atomic mass is 10.1. The first kappa shape index (κ1) is 16.6. The summed E-state index contributed by atoms with van der Waals surface area (Å²) < 4.78 is 13.0. The minimum atomic E-state index is -0.270. The summed E-state index contributed by atoms with van der Waals surface area (Å²) in [5, 5.41) is 4.25. The van der Waals surface area contributed by atoms with Gasteiger partial charge in [0, 0.05) is 0 Å². The third kappa shape index (κ3) is 5.22. The van der Waals surface area contributed by atoms with Crippen LogP contribution in [0.2, 0.25) is 0 Å². The molecule has 1 aliphatic rings. The van der Waals surface area contributed by atoms with Gasteiger partial charge in [-0.1, -0.05) is 31.9 Å². The van der Waals surface area contributed by atoms with Gasteiger partial charge >= 0.3 is 0 Å². The molecular weight excluding hydrogens is 281 g/mol. The number of halogens is 1. The number of hydrogen-bond donors (Lipinski definition) is 1. The fraction of sp³-hybridized carbons (Fsp3) is 0.529. The van der Waals surface area contributed by atoms with E-state index in [-0.39, 0.29) is 11.7 Å². The number of hydrogen-bond acceptors (Lipinski definition) is 3. The lowest BCUT2D eigenvalue weighted by Crippen LogP contribution is -2.38. The SMILES string of the molecule is CCCC(=NNC(=O)CN1CCCCC1)c1ccc(F)cc1. The third-order valence-electron chi connectivity index (χ3n) is 3.80. The number of rotatable bonds is 6. The molecule has 0 spiro atoms. The highest BCUT2D eigenvalue weighted by atomic mass is 19.1. The number of hydrazone groups is 1. The van der Waals surface area contributed by atoms with Gasteiger partial charge in [0.1, 0.15) is 5.82 Å². The van der Waals surface area contributed by atoms with Gasteiger partial charge in [-0.05, 0) is 50.0 Å². The summed E-state index contributed by atoms with van der Waals surface area (Å²) in [6.07, 6.45) is 5.23. The molecule has 22 heavy (non-hydrogen) atoms. The van der Waals surface area contributed by atoms with E-state index in [1.165, 1.54) is 18.6 Å². The molecule has 5 heteroatoms. The first-order valence-corrected chi connectivity index (χ1v) is 8.02. The normalized spacial score (nSPS) is 16.5. The summed E-state index contributed by atoms with van der Waals surface area (Å²) in [4.78, 5) is 14.1. The quantitative estimate of drug-likeness (QED) is 0.649. The lowest BCUT2D eigenvalue weighted by Gasteiger charge is -2.25. The van der Waals surface area contributed by atoms with Crippen molar-refractivity contribution in [3.8, 4) is 0 Å². The van der Waals surface area contributed by atoms with Crippen LogP contribution in [0.15, 0.2) is 29.4 Å². The van der Waals surface area contributed by atoms with E-state index >= 15 is 0 Å². The topological polar surface area (TPSA) is 44.7 Å². The number of amides is 1. The van der Waals surface area contributed by atoms with Crippen molar-refractivity contribution in [1.29, 1.82) is 0 Å². The van der Waals surface area contributed by atoms with Crippen molar-refractivity contribution < 1.29 is 9.18 Å². The molecule has 1 amide bonds. The van der Waals surface area contributed by atoms with Crippen LogP contribution in [-0.4, -0.2) is 36.2 Å². The summed E-state index contributed by atoms with van der Waals surface area (Å²) in [6, 6.07) is 6.22. The first-order valence-electron chi connectivity index (χ1n) is 8.02. The summed E-state index contributed by atoms with van der Waals surface area (Å²) in [5.41, 5.74) is 4.28. The highest BCUT2D eigenvalue weighted by Crippen LogP contribution is 2.09. The van der Waals surface area contributed by atoms with E-state index in [9.17, 15) is 9.18 Å². The molecule has 0 bridgehead atoms. The number of carbonyl (C=O) groups excluding carboxylic acids is 1. The average molecular weight is 305 g/mol. The molecule has 2 rings (SSSR count). The van der Waals surface area contributed by atoms with Crippen LogP contribution in [0.4, 0.5) is 4.39 Å². The van der Waals surface area contributed by atoms with Crippen molar-refractivity contribution >= 4 is 11.6 Å². The van der Waals surface area contributed by atoms with E-state index in [1.807, 2.05) is 0 Å². The zero-order valence-corrected chi connectivity index (χ0v) is 13.1. The van der Waals surface area contributed by atoms with Gasteiger partial charge < -0.3 is 0 Å². The third-order valence-corrected chi connectivity index (χ3v) is 3.80. The van der Waals surface area contributed by atoms with Crippen LogP contribution >= 0.6 is 0 Å². The fourth-order valence-corrected chi connectivity index (χ4v) is 2.63. The van der Waals surface area contributed by atoms with Crippen molar-refractivity contribution in [2.45, 2.75) is 39.0 Å². The summed E-state index contributed by atoms with van der Waals surface area (Å²) in [7, 11) is 0. The molecule has 0 radical (unpaired) electrons. The highest BCUT2D eigenvalue weighted by molar-refractivity contribution is 6.01. The van der Waals surface area contributed by atoms with Crippen LogP contribution in [0.25, 0.3) is 0 Å². The fourth-order valence-electron chi connectivity index (χ4n) is 2.63. The maximum Gasteiger partial charge on any atom is 0.254 e. The molecule has 0 saturated carbocycles. The Morgan fingerprint density at radius 1 is 1.23 bits per heavy atom. The van der Waals surface area contributed by atoms with Gasteiger partial charge in [-0.3, -0.25) is 9.69 Å². The molecular formula is C17H24FN3O. The van der Waals surface area contributed by atoms with Gasteiger partial charge in [0.15, 0.2) is 0 Å². The Bertz CT molecular complexity index is 507. The van der Waals surface area contributed by atoms with Crippen LogP contribution in [0, 0.1) is 5.82 Å². The highest BCUT2D eigenvalue weighted by Gasteiger charge is 2.13. The van der Waals surface area contributed by atoms with Gasteiger partial charge in [-0.15, -0.1) is 0 Å². The van der Waals surface area contributed by atoms with Crippen molar-refractivity contribution in [3.05, 3.63) is 35.6 Å². The second kappa shape index (κ2) is 8.63. The molecule has 1 fully saturated rings. The summed E-state index contributed by atoms with van der Waals surface area (Å²) >= 11 is 0. The maximum atomic E-state index is 13.0. The summed E-state index contributed by atoms with van der Waals surface area (Å²) in [6.45, 7) is 4.41. The van der Waals surface area contributed by atoms with E-state index in [1.54, 1.807) is 12.1 Å². The number of likely N-dealkylation sites (tertiary alicyclic amines) is 1. The Balaban J connectivity index is 1.94. The molecule has 1 aromatic carbocycles. The number of carbonyl (C=O) groups is 1. The Hall–Kier alpha value is -1.75. The van der Waals surface area contributed by atoms with Gasteiger partial charge in [-0.25, -0.2) is 9.82 Å². The van der Waals surface area contributed by atoms with E-state index in [0.29, 0.717) is 6.54 Å². The van der Waals surface area contributed by atoms with Crippen molar-refractivity contribution in [3.63, 3.8) is 0 Å². The van der Waals surface area contributed by atoms with Gasteiger partial charge in [0.25, 0.3) is 5.91 Å². The van der Waals surface area contributed by atoms with Crippen LogP contribution in [0.5, 0.6) is 0 Å². The molecule has 120 valence electrons. The van der Waals surface area contributed by atoms with E-state index in [4.69, 9.17) is 0 Å². The molecule has 4 nitrogen and oxygen atoms in total. The number of nitrogens with one attached hydrogen (secondary N) is 1. The van der Waals surface area contributed by atoms with Crippen molar-refractivity contribution in [2.75, 3.05) is 19.6 Å². The Kier molecular flexibility index (Phi) is 6.52. The molecule has 1 heterocycles. The molecule has 1 saturated heterocycles. The minimum Gasteiger partial charge on any atom is -0.294 e. The number of nitrogens with zero attached hydrogens (tertiary/aromatic N) is 2. The van der Waals surface area contributed by atoms with Crippen molar-refractivity contribution in [2.24, 2.45) is 5.10 Å². The molecule has 0 unspecified atom stereocenters. The van der Waals surface area contributed by atoms with Crippen molar-refractivity contribution in [1.82, 2.24) is 10.3 Å². The molecule has 1 aromatic rings. The monoisotopic (exact) mass is 305 g/mol. The second-order valence-corrected chi connectivity index (χ2v) is 5.69. The number of piperidine rings is 1. The number of benzene rings is 1. The average Bonchev–Trinajstić information content (AvgIpc) is 2.53. The molecule has 1 aliphatic heterocycles. The molecule has 1 N–H and O–H groups in total. The van der Waals surface area contributed by atoms with Crippen LogP contribution in [0.3, 0.4) is 0 Å². The van der Waals surface area contributed by atoms with Crippen LogP contribution < -0.4 is 5.43 Å².